The largest absolute Gasteiger partial charge is 0.340 e. The number of fused-ring (bicyclic) bond motifs is 1. The summed E-state index contributed by atoms with van der Waals surface area (Å²) in [6, 6.07) is 0.549. The average Bonchev–Trinajstić information content (AvgIpc) is 2.19. The fraction of sp³-hybridized carbons (Fsp3) is 0.900. The second-order valence-corrected chi connectivity index (χ2v) is 4.17. The lowest BCUT2D eigenvalue weighted by molar-refractivity contribution is -0.139. The van der Waals surface area contributed by atoms with Gasteiger partial charge >= 0.3 is 0 Å². The van der Waals surface area contributed by atoms with Crippen LogP contribution in [0, 0.1) is 0 Å². The number of hydrogen-bond donors (Lipinski definition) is 1. The van der Waals surface area contributed by atoms with E-state index in [-0.39, 0.29) is 0 Å². The van der Waals surface area contributed by atoms with Gasteiger partial charge in [-0.1, -0.05) is 6.92 Å². The Labute approximate surface area is 85.2 Å². The molecule has 2 aliphatic rings. The highest BCUT2D eigenvalue weighted by Crippen LogP contribution is 2.12. The summed E-state index contributed by atoms with van der Waals surface area (Å²) in [4.78, 5) is 16.0. The van der Waals surface area contributed by atoms with Gasteiger partial charge in [-0.05, 0) is 6.42 Å². The minimum atomic E-state index is 0.310. The molecule has 0 aliphatic carbocycles. The molecule has 0 spiro atoms. The van der Waals surface area contributed by atoms with Gasteiger partial charge in [-0.15, -0.1) is 0 Å². The van der Waals surface area contributed by atoms with Gasteiger partial charge in [0, 0.05) is 38.8 Å². The number of nitrogens with one attached hydrogen (secondary N) is 1. The third-order valence-corrected chi connectivity index (χ3v) is 3.09. The normalized spacial score (nSPS) is 29.1. The van der Waals surface area contributed by atoms with Crippen molar-refractivity contribution in [2.75, 3.05) is 39.3 Å². The molecule has 2 heterocycles. The highest BCUT2D eigenvalue weighted by molar-refractivity contribution is 5.79. The van der Waals surface area contributed by atoms with E-state index in [0.29, 0.717) is 18.5 Å². The zero-order valence-electron chi connectivity index (χ0n) is 8.83. The van der Waals surface area contributed by atoms with Crippen LogP contribution in [0.4, 0.5) is 0 Å². The topological polar surface area (TPSA) is 35.6 Å². The molecule has 0 saturated carbocycles. The zero-order chi connectivity index (χ0) is 9.97. The molecule has 2 fully saturated rings. The van der Waals surface area contributed by atoms with Crippen LogP contribution in [0.5, 0.6) is 0 Å². The maximum absolute atomic E-state index is 11.7. The number of amides is 1. The van der Waals surface area contributed by atoms with Crippen molar-refractivity contribution in [2.45, 2.75) is 19.4 Å². The molecule has 0 aromatic rings. The number of piperazine rings is 2. The number of rotatable bonds is 2. The van der Waals surface area contributed by atoms with E-state index in [0.717, 1.165) is 39.1 Å². The summed E-state index contributed by atoms with van der Waals surface area (Å²) in [6.07, 6.45) is 1.06. The first-order valence-corrected chi connectivity index (χ1v) is 5.54. The third kappa shape index (κ3) is 1.91. The first-order valence-electron chi connectivity index (χ1n) is 5.54. The number of hydrogen-bond acceptors (Lipinski definition) is 3. The van der Waals surface area contributed by atoms with Gasteiger partial charge in [0.1, 0.15) is 0 Å². The van der Waals surface area contributed by atoms with Crippen LogP contribution in [0.25, 0.3) is 0 Å². The lowest BCUT2D eigenvalue weighted by Crippen LogP contribution is -2.63. The van der Waals surface area contributed by atoms with Crippen LogP contribution >= 0.6 is 0 Å². The van der Waals surface area contributed by atoms with E-state index in [2.05, 4.69) is 17.1 Å². The Kier molecular flexibility index (Phi) is 3.03. The number of nitrogens with zero attached hydrogens (tertiary/aromatic N) is 2. The predicted octanol–water partition coefficient (Wildman–Crippen LogP) is -0.488. The second-order valence-electron chi connectivity index (χ2n) is 4.17. The van der Waals surface area contributed by atoms with Gasteiger partial charge in [0.15, 0.2) is 0 Å². The van der Waals surface area contributed by atoms with Gasteiger partial charge in [-0.3, -0.25) is 9.69 Å². The van der Waals surface area contributed by atoms with Gasteiger partial charge in [-0.25, -0.2) is 0 Å². The van der Waals surface area contributed by atoms with Crippen molar-refractivity contribution in [3.8, 4) is 0 Å². The lowest BCUT2D eigenvalue weighted by atomic mass is 10.1. The summed E-state index contributed by atoms with van der Waals surface area (Å²) in [6.45, 7) is 7.68. The smallest absolute Gasteiger partial charge is 0.236 e. The highest BCUT2D eigenvalue weighted by atomic mass is 16.2. The van der Waals surface area contributed by atoms with Crippen molar-refractivity contribution in [3.63, 3.8) is 0 Å². The van der Waals surface area contributed by atoms with E-state index in [1.165, 1.54) is 0 Å². The van der Waals surface area contributed by atoms with E-state index in [1.807, 2.05) is 4.90 Å². The Morgan fingerprint density at radius 1 is 1.57 bits per heavy atom. The highest BCUT2D eigenvalue weighted by Gasteiger charge is 2.32. The Hall–Kier alpha value is -0.610. The predicted molar refractivity (Wildman–Crippen MR) is 55.1 cm³/mol. The second kappa shape index (κ2) is 4.28. The molecule has 0 radical (unpaired) electrons. The van der Waals surface area contributed by atoms with Gasteiger partial charge in [-0.2, -0.15) is 0 Å². The molecule has 1 amide bonds. The van der Waals surface area contributed by atoms with Crippen molar-refractivity contribution in [1.82, 2.24) is 15.1 Å². The van der Waals surface area contributed by atoms with Crippen LogP contribution in [0.1, 0.15) is 13.3 Å². The molecule has 4 nitrogen and oxygen atoms in total. The monoisotopic (exact) mass is 197 g/mol. The van der Waals surface area contributed by atoms with Crippen LogP contribution in [-0.2, 0) is 4.79 Å². The molecule has 14 heavy (non-hydrogen) atoms. The number of carbonyl (C=O) groups excluding carboxylic acids is 1. The fourth-order valence-corrected chi connectivity index (χ4v) is 2.31. The standard InChI is InChI=1S/C10H19N3O/c1-2-4-13-7-9-6-11-3-5-12(9)8-10(13)14/h9,11H,2-8H2,1H3. The molecule has 1 atom stereocenters. The van der Waals surface area contributed by atoms with E-state index in [9.17, 15) is 4.79 Å². The summed E-state index contributed by atoms with van der Waals surface area (Å²) in [5, 5.41) is 3.38. The van der Waals surface area contributed by atoms with Crippen LogP contribution in [0.2, 0.25) is 0 Å². The molecule has 2 aliphatic heterocycles. The number of carbonyl (C=O) groups is 1. The zero-order valence-corrected chi connectivity index (χ0v) is 8.83. The minimum Gasteiger partial charge on any atom is -0.340 e. The third-order valence-electron chi connectivity index (χ3n) is 3.09. The summed E-state index contributed by atoms with van der Waals surface area (Å²) >= 11 is 0. The van der Waals surface area contributed by atoms with Crippen molar-refractivity contribution >= 4 is 5.91 Å². The Balaban J connectivity index is 1.96. The van der Waals surface area contributed by atoms with Gasteiger partial charge in [0.25, 0.3) is 0 Å². The SMILES string of the molecule is CCCN1CC2CNCCN2CC1=O. The molecule has 2 rings (SSSR count). The first kappa shape index (κ1) is 9.93. The first-order chi connectivity index (χ1) is 6.81. The maximum atomic E-state index is 11.7. The van der Waals surface area contributed by atoms with Crippen LogP contribution in [0.15, 0.2) is 0 Å². The molecule has 1 unspecified atom stereocenters. The summed E-state index contributed by atoms with van der Waals surface area (Å²) in [5.41, 5.74) is 0. The molecule has 80 valence electrons. The Morgan fingerprint density at radius 2 is 2.43 bits per heavy atom. The van der Waals surface area contributed by atoms with E-state index >= 15 is 0 Å². The van der Waals surface area contributed by atoms with E-state index in [1.54, 1.807) is 0 Å². The average molecular weight is 197 g/mol. The molecule has 2 saturated heterocycles. The molecular weight excluding hydrogens is 178 g/mol. The Bertz CT molecular complexity index is 219. The van der Waals surface area contributed by atoms with Gasteiger partial charge < -0.3 is 10.2 Å². The summed E-state index contributed by atoms with van der Waals surface area (Å²) in [7, 11) is 0. The Morgan fingerprint density at radius 3 is 3.21 bits per heavy atom. The van der Waals surface area contributed by atoms with Gasteiger partial charge in [0.05, 0.1) is 6.54 Å². The molecule has 0 aromatic carbocycles. The van der Waals surface area contributed by atoms with Crippen LogP contribution in [0.3, 0.4) is 0 Å². The molecule has 0 aromatic heterocycles. The minimum absolute atomic E-state index is 0.310. The van der Waals surface area contributed by atoms with Crippen molar-refractivity contribution in [3.05, 3.63) is 0 Å². The molecule has 4 heteroatoms. The van der Waals surface area contributed by atoms with E-state index in [4.69, 9.17) is 0 Å². The van der Waals surface area contributed by atoms with Crippen LogP contribution < -0.4 is 5.32 Å². The molecular formula is C10H19N3O. The summed E-state index contributed by atoms with van der Waals surface area (Å²) < 4.78 is 0. The molecule has 1 N–H and O–H groups in total. The van der Waals surface area contributed by atoms with Gasteiger partial charge in [0.2, 0.25) is 5.91 Å². The quantitative estimate of drug-likeness (QED) is 0.649. The molecule has 0 bridgehead atoms. The van der Waals surface area contributed by atoms with E-state index < -0.39 is 0 Å². The van der Waals surface area contributed by atoms with Crippen molar-refractivity contribution in [2.24, 2.45) is 0 Å². The maximum Gasteiger partial charge on any atom is 0.236 e. The van der Waals surface area contributed by atoms with Crippen molar-refractivity contribution < 1.29 is 4.79 Å². The summed E-state index contributed by atoms with van der Waals surface area (Å²) in [5.74, 6) is 0.310. The lowest BCUT2D eigenvalue weighted by Gasteiger charge is -2.43. The van der Waals surface area contributed by atoms with Crippen molar-refractivity contribution in [1.29, 1.82) is 0 Å². The fourth-order valence-electron chi connectivity index (χ4n) is 2.31. The van der Waals surface area contributed by atoms with Crippen LogP contribution in [-0.4, -0.2) is 61.0 Å².